The van der Waals surface area contributed by atoms with Crippen molar-refractivity contribution in [3.63, 3.8) is 0 Å². The number of carboxylic acids is 1. The predicted octanol–water partition coefficient (Wildman–Crippen LogP) is 2.58. The van der Waals surface area contributed by atoms with Crippen LogP contribution in [0.1, 0.15) is 16.8 Å². The van der Waals surface area contributed by atoms with Crippen LogP contribution in [-0.2, 0) is 9.47 Å². The second-order valence-electron chi connectivity index (χ2n) is 3.75. The summed E-state index contributed by atoms with van der Waals surface area (Å²) in [5.74, 6) is -0.478. The highest BCUT2D eigenvalue weighted by atomic mass is 79.9. The van der Waals surface area contributed by atoms with E-state index in [4.69, 9.17) is 19.3 Å². The summed E-state index contributed by atoms with van der Waals surface area (Å²) in [5.41, 5.74) is 0.179. The van der Waals surface area contributed by atoms with E-state index in [0.717, 1.165) is 6.42 Å². The molecule has 0 atom stereocenters. The molecule has 0 saturated heterocycles. The Kier molecular flexibility index (Phi) is 7.47. The minimum atomic E-state index is -0.992. The average molecular weight is 333 g/mol. The molecule has 0 amide bonds. The summed E-state index contributed by atoms with van der Waals surface area (Å²) in [6.45, 7) is 2.14. The van der Waals surface area contributed by atoms with Gasteiger partial charge in [-0.15, -0.1) is 0 Å². The number of rotatable bonds is 9. The molecule has 0 radical (unpaired) electrons. The molecule has 0 aliphatic heterocycles. The second-order valence-corrected chi connectivity index (χ2v) is 4.61. The number of hydrogen-bond acceptors (Lipinski definition) is 4. The van der Waals surface area contributed by atoms with Crippen molar-refractivity contribution in [3.05, 3.63) is 28.2 Å². The van der Waals surface area contributed by atoms with Gasteiger partial charge in [-0.05, 0) is 40.5 Å². The molecule has 1 N–H and O–H groups in total. The van der Waals surface area contributed by atoms with E-state index >= 15 is 0 Å². The lowest BCUT2D eigenvalue weighted by molar-refractivity contribution is 0.0694. The van der Waals surface area contributed by atoms with Crippen LogP contribution in [0.2, 0.25) is 0 Å². The van der Waals surface area contributed by atoms with Crippen molar-refractivity contribution >= 4 is 21.9 Å². The Morgan fingerprint density at radius 1 is 1.26 bits per heavy atom. The molecule has 0 aliphatic carbocycles. The standard InChI is InChI=1S/C13H17BrO5/c1-17-5-2-6-18-7-8-19-10-3-4-12(14)11(9-10)13(15)16/h3-4,9H,2,5-8H2,1H3,(H,15,16). The molecule has 0 unspecified atom stereocenters. The molecular weight excluding hydrogens is 316 g/mol. The Labute approximate surface area is 120 Å². The number of carboxylic acid groups (broad SMARTS) is 1. The summed E-state index contributed by atoms with van der Waals surface area (Å²) in [5, 5.41) is 8.96. The second kappa shape index (κ2) is 8.90. The van der Waals surface area contributed by atoms with Gasteiger partial charge in [-0.25, -0.2) is 4.79 Å². The smallest absolute Gasteiger partial charge is 0.336 e. The molecule has 1 rings (SSSR count). The summed E-state index contributed by atoms with van der Waals surface area (Å²) >= 11 is 3.18. The largest absolute Gasteiger partial charge is 0.491 e. The Bertz CT molecular complexity index is 408. The van der Waals surface area contributed by atoms with Gasteiger partial charge in [0, 0.05) is 24.8 Å². The monoisotopic (exact) mass is 332 g/mol. The van der Waals surface area contributed by atoms with Gasteiger partial charge in [-0.2, -0.15) is 0 Å². The van der Waals surface area contributed by atoms with Crippen LogP contribution in [-0.4, -0.2) is 44.6 Å². The number of carbonyl (C=O) groups is 1. The highest BCUT2D eigenvalue weighted by molar-refractivity contribution is 9.10. The molecular formula is C13H17BrO5. The Balaban J connectivity index is 2.30. The number of halogens is 1. The van der Waals surface area contributed by atoms with Crippen LogP contribution in [0.25, 0.3) is 0 Å². The zero-order chi connectivity index (χ0) is 14.1. The molecule has 106 valence electrons. The zero-order valence-electron chi connectivity index (χ0n) is 10.7. The van der Waals surface area contributed by atoms with E-state index in [1.54, 1.807) is 19.2 Å². The van der Waals surface area contributed by atoms with E-state index in [0.29, 0.717) is 36.6 Å². The predicted molar refractivity (Wildman–Crippen MR) is 73.9 cm³/mol. The summed E-state index contributed by atoms with van der Waals surface area (Å²) in [6, 6.07) is 4.84. The van der Waals surface area contributed by atoms with Crippen molar-refractivity contribution in [2.45, 2.75) is 6.42 Å². The van der Waals surface area contributed by atoms with E-state index in [-0.39, 0.29) is 5.56 Å². The Morgan fingerprint density at radius 3 is 2.74 bits per heavy atom. The van der Waals surface area contributed by atoms with Gasteiger partial charge >= 0.3 is 5.97 Å². The number of hydrogen-bond donors (Lipinski definition) is 1. The third-order valence-electron chi connectivity index (χ3n) is 2.30. The van der Waals surface area contributed by atoms with Gasteiger partial charge in [0.2, 0.25) is 0 Å². The number of ether oxygens (including phenoxy) is 3. The first-order chi connectivity index (χ1) is 9.15. The molecule has 0 saturated carbocycles. The van der Waals surface area contributed by atoms with Gasteiger partial charge in [0.15, 0.2) is 0 Å². The molecule has 0 bridgehead atoms. The van der Waals surface area contributed by atoms with Gasteiger partial charge < -0.3 is 19.3 Å². The van der Waals surface area contributed by atoms with Crippen LogP contribution in [0.3, 0.4) is 0 Å². The lowest BCUT2D eigenvalue weighted by Crippen LogP contribution is -2.09. The van der Waals surface area contributed by atoms with Gasteiger partial charge in [-0.1, -0.05) is 0 Å². The third kappa shape index (κ3) is 6.04. The number of aromatic carboxylic acids is 1. The topological polar surface area (TPSA) is 65.0 Å². The Hall–Kier alpha value is -1.11. The lowest BCUT2D eigenvalue weighted by Gasteiger charge is -2.08. The van der Waals surface area contributed by atoms with Gasteiger partial charge in [-0.3, -0.25) is 0 Å². The molecule has 5 nitrogen and oxygen atoms in total. The maximum atomic E-state index is 10.9. The molecule has 0 aromatic heterocycles. The van der Waals surface area contributed by atoms with Gasteiger partial charge in [0.25, 0.3) is 0 Å². The van der Waals surface area contributed by atoms with Gasteiger partial charge in [0.05, 0.1) is 12.2 Å². The van der Waals surface area contributed by atoms with Crippen molar-refractivity contribution in [3.8, 4) is 5.75 Å². The first-order valence-corrected chi connectivity index (χ1v) is 6.66. The minimum absolute atomic E-state index is 0.179. The van der Waals surface area contributed by atoms with Crippen LogP contribution in [0, 0.1) is 0 Å². The van der Waals surface area contributed by atoms with Crippen molar-refractivity contribution < 1.29 is 24.1 Å². The SMILES string of the molecule is COCCCOCCOc1ccc(Br)c(C(=O)O)c1. The summed E-state index contributed by atoms with van der Waals surface area (Å²) < 4.78 is 16.2. The first kappa shape index (κ1) is 15.9. The summed E-state index contributed by atoms with van der Waals surface area (Å²) in [6.07, 6.45) is 0.845. The maximum Gasteiger partial charge on any atom is 0.336 e. The highest BCUT2D eigenvalue weighted by Gasteiger charge is 2.09. The fourth-order valence-corrected chi connectivity index (χ4v) is 1.80. The number of benzene rings is 1. The number of methoxy groups -OCH3 is 1. The molecule has 19 heavy (non-hydrogen) atoms. The van der Waals surface area contributed by atoms with Crippen LogP contribution in [0.4, 0.5) is 0 Å². The van der Waals surface area contributed by atoms with Crippen molar-refractivity contribution in [1.29, 1.82) is 0 Å². The third-order valence-corrected chi connectivity index (χ3v) is 2.99. The van der Waals surface area contributed by atoms with Crippen molar-refractivity contribution in [2.24, 2.45) is 0 Å². The maximum absolute atomic E-state index is 10.9. The molecule has 1 aromatic rings. The quantitative estimate of drug-likeness (QED) is 0.704. The van der Waals surface area contributed by atoms with E-state index < -0.39 is 5.97 Å². The fourth-order valence-electron chi connectivity index (χ4n) is 1.38. The molecule has 0 aliphatic rings. The molecule has 6 heteroatoms. The van der Waals surface area contributed by atoms with E-state index in [1.165, 1.54) is 6.07 Å². The Morgan fingerprint density at radius 2 is 2.05 bits per heavy atom. The first-order valence-electron chi connectivity index (χ1n) is 5.87. The summed E-state index contributed by atoms with van der Waals surface area (Å²) in [7, 11) is 1.65. The van der Waals surface area contributed by atoms with E-state index in [2.05, 4.69) is 15.9 Å². The van der Waals surface area contributed by atoms with Crippen molar-refractivity contribution in [2.75, 3.05) is 33.5 Å². The average Bonchev–Trinajstić information content (AvgIpc) is 2.39. The summed E-state index contributed by atoms with van der Waals surface area (Å²) in [4.78, 5) is 10.9. The van der Waals surface area contributed by atoms with E-state index in [1.807, 2.05) is 0 Å². The normalized spacial score (nSPS) is 10.4. The van der Waals surface area contributed by atoms with Crippen LogP contribution >= 0.6 is 15.9 Å². The van der Waals surface area contributed by atoms with Crippen molar-refractivity contribution in [1.82, 2.24) is 0 Å². The lowest BCUT2D eigenvalue weighted by atomic mass is 10.2. The molecule has 0 heterocycles. The van der Waals surface area contributed by atoms with Crippen LogP contribution in [0.15, 0.2) is 22.7 Å². The molecule has 1 aromatic carbocycles. The fraction of sp³-hybridized carbons (Fsp3) is 0.462. The van der Waals surface area contributed by atoms with Crippen LogP contribution < -0.4 is 4.74 Å². The van der Waals surface area contributed by atoms with Gasteiger partial charge in [0.1, 0.15) is 12.4 Å². The van der Waals surface area contributed by atoms with Crippen LogP contribution in [0.5, 0.6) is 5.75 Å². The minimum Gasteiger partial charge on any atom is -0.491 e. The molecule has 0 fully saturated rings. The zero-order valence-corrected chi connectivity index (χ0v) is 12.3. The molecule has 0 spiro atoms. The van der Waals surface area contributed by atoms with E-state index in [9.17, 15) is 4.79 Å². The highest BCUT2D eigenvalue weighted by Crippen LogP contribution is 2.22.